The maximum absolute atomic E-state index is 11.9. The number of H-pyrrole nitrogens is 1. The van der Waals surface area contributed by atoms with Crippen LogP contribution in [0, 0.1) is 39.7 Å². The molecule has 2 rings (SSSR count). The highest BCUT2D eigenvalue weighted by Gasteiger charge is 2.28. The van der Waals surface area contributed by atoms with Crippen molar-refractivity contribution in [3.8, 4) is 29.0 Å². The second-order valence-corrected chi connectivity index (χ2v) is 5.56. The monoisotopic (exact) mass is 389 g/mol. The fourth-order valence-electron chi connectivity index (χ4n) is 2.25. The standard InChI is InChI=1S/C14H8BrN5O4/c1-5-9(15)2-6(12(21)11(5)20(23)24)10-7(3-16)13(18)19-14(22)8(10)4-17/h2,21H,1H3,(H3,18,19,22). The zero-order valence-corrected chi connectivity index (χ0v) is 13.6. The van der Waals surface area contributed by atoms with Crippen LogP contribution in [0.25, 0.3) is 11.1 Å². The van der Waals surface area contributed by atoms with Gasteiger partial charge in [0.15, 0.2) is 0 Å². The van der Waals surface area contributed by atoms with Crippen LogP contribution in [0.15, 0.2) is 15.3 Å². The van der Waals surface area contributed by atoms with Crippen LogP contribution >= 0.6 is 15.9 Å². The van der Waals surface area contributed by atoms with Gasteiger partial charge in [-0.2, -0.15) is 10.5 Å². The van der Waals surface area contributed by atoms with Crippen LogP contribution in [0.4, 0.5) is 11.5 Å². The van der Waals surface area contributed by atoms with Gasteiger partial charge < -0.3 is 15.8 Å². The van der Waals surface area contributed by atoms with Crippen LogP contribution in [-0.4, -0.2) is 15.0 Å². The molecule has 1 heterocycles. The third kappa shape index (κ3) is 2.45. The molecule has 0 bridgehead atoms. The van der Waals surface area contributed by atoms with Gasteiger partial charge in [-0.3, -0.25) is 14.9 Å². The van der Waals surface area contributed by atoms with Crippen LogP contribution in [0.1, 0.15) is 16.7 Å². The summed E-state index contributed by atoms with van der Waals surface area (Å²) in [4.78, 5) is 24.5. The SMILES string of the molecule is Cc1c(Br)cc(-c2c(C#N)c(N)[nH]c(=O)c2C#N)c(O)c1[N+](=O)[O-]. The molecule has 0 saturated heterocycles. The summed E-state index contributed by atoms with van der Waals surface area (Å²) < 4.78 is 0.258. The summed E-state index contributed by atoms with van der Waals surface area (Å²) in [6, 6.07) is 4.64. The Hall–Kier alpha value is -3.37. The highest BCUT2D eigenvalue weighted by molar-refractivity contribution is 9.10. The van der Waals surface area contributed by atoms with Crippen molar-refractivity contribution in [2.45, 2.75) is 6.92 Å². The third-order valence-electron chi connectivity index (χ3n) is 3.38. The van der Waals surface area contributed by atoms with Crippen molar-refractivity contribution in [1.29, 1.82) is 10.5 Å². The number of nitrogens with zero attached hydrogens (tertiary/aromatic N) is 3. The van der Waals surface area contributed by atoms with E-state index >= 15 is 0 Å². The number of pyridine rings is 1. The number of aromatic nitrogens is 1. The summed E-state index contributed by atoms with van der Waals surface area (Å²) in [7, 11) is 0. The van der Waals surface area contributed by atoms with Crippen molar-refractivity contribution in [2.75, 3.05) is 5.73 Å². The van der Waals surface area contributed by atoms with E-state index in [2.05, 4.69) is 20.9 Å². The Morgan fingerprint density at radius 1 is 1.38 bits per heavy atom. The Morgan fingerprint density at radius 3 is 2.46 bits per heavy atom. The van der Waals surface area contributed by atoms with E-state index in [-0.39, 0.29) is 32.5 Å². The lowest BCUT2D eigenvalue weighted by atomic mass is 9.94. The van der Waals surface area contributed by atoms with Crippen molar-refractivity contribution in [2.24, 2.45) is 0 Å². The van der Waals surface area contributed by atoms with Crippen molar-refractivity contribution in [3.63, 3.8) is 0 Å². The number of hydrogen-bond acceptors (Lipinski definition) is 7. The number of benzene rings is 1. The predicted octanol–water partition coefficient (Wildman–Crippen LogP) is 2.05. The van der Waals surface area contributed by atoms with Crippen LogP contribution in [-0.2, 0) is 0 Å². The molecule has 0 aliphatic carbocycles. The normalized spacial score (nSPS) is 10.0. The minimum atomic E-state index is -0.872. The number of rotatable bonds is 2. The predicted molar refractivity (Wildman–Crippen MR) is 87.1 cm³/mol. The first-order valence-electron chi connectivity index (χ1n) is 6.27. The lowest BCUT2D eigenvalue weighted by molar-refractivity contribution is -0.386. The van der Waals surface area contributed by atoms with Gasteiger partial charge in [0, 0.05) is 21.2 Å². The molecule has 0 atom stereocenters. The molecule has 10 heteroatoms. The zero-order chi connectivity index (χ0) is 18.2. The van der Waals surface area contributed by atoms with Crippen molar-refractivity contribution in [1.82, 2.24) is 4.98 Å². The maximum Gasteiger partial charge on any atom is 0.315 e. The minimum absolute atomic E-state index is 0.149. The van der Waals surface area contributed by atoms with Gasteiger partial charge in [0.05, 0.1) is 4.92 Å². The van der Waals surface area contributed by atoms with E-state index < -0.39 is 27.5 Å². The second-order valence-electron chi connectivity index (χ2n) is 4.70. The molecule has 0 fully saturated rings. The lowest BCUT2D eigenvalue weighted by Crippen LogP contribution is -2.16. The van der Waals surface area contributed by atoms with Gasteiger partial charge in [-0.1, -0.05) is 15.9 Å². The number of nitrogen functional groups attached to an aromatic ring is 1. The van der Waals surface area contributed by atoms with E-state index in [9.17, 15) is 30.5 Å². The fourth-order valence-corrected chi connectivity index (χ4v) is 2.66. The first-order chi connectivity index (χ1) is 11.2. The number of phenols is 1. The molecule has 0 radical (unpaired) electrons. The van der Waals surface area contributed by atoms with Crippen LogP contribution in [0.5, 0.6) is 5.75 Å². The maximum atomic E-state index is 11.9. The minimum Gasteiger partial charge on any atom is -0.502 e. The molecule has 0 aliphatic rings. The lowest BCUT2D eigenvalue weighted by Gasteiger charge is -2.12. The molecular weight excluding hydrogens is 382 g/mol. The summed E-state index contributed by atoms with van der Waals surface area (Å²) >= 11 is 3.13. The molecule has 0 amide bonds. The van der Waals surface area contributed by atoms with Gasteiger partial charge in [0.1, 0.15) is 29.1 Å². The highest BCUT2D eigenvalue weighted by atomic mass is 79.9. The molecular formula is C14H8BrN5O4. The molecule has 2 aromatic rings. The number of nitriles is 2. The van der Waals surface area contributed by atoms with Crippen molar-refractivity contribution >= 4 is 27.4 Å². The number of aromatic amines is 1. The fraction of sp³-hybridized carbons (Fsp3) is 0.0714. The molecule has 0 saturated carbocycles. The van der Waals surface area contributed by atoms with Gasteiger partial charge in [-0.05, 0) is 13.0 Å². The average Bonchev–Trinajstić information content (AvgIpc) is 2.50. The van der Waals surface area contributed by atoms with E-state index in [0.29, 0.717) is 0 Å². The van der Waals surface area contributed by atoms with E-state index in [0.717, 1.165) is 0 Å². The molecule has 4 N–H and O–H groups in total. The molecule has 0 aliphatic heterocycles. The molecule has 0 unspecified atom stereocenters. The number of aromatic hydroxyl groups is 1. The molecule has 9 nitrogen and oxygen atoms in total. The quantitative estimate of drug-likeness (QED) is 0.520. The third-order valence-corrected chi connectivity index (χ3v) is 4.21. The number of nitro benzene ring substituents is 1. The molecule has 120 valence electrons. The van der Waals surface area contributed by atoms with Gasteiger partial charge in [0.2, 0.25) is 5.75 Å². The Kier molecular flexibility index (Phi) is 4.26. The Bertz CT molecular complexity index is 1030. The molecule has 1 aromatic carbocycles. The van der Waals surface area contributed by atoms with Gasteiger partial charge in [0.25, 0.3) is 5.56 Å². The smallest absolute Gasteiger partial charge is 0.315 e. The van der Waals surface area contributed by atoms with E-state index in [1.807, 2.05) is 0 Å². The van der Waals surface area contributed by atoms with E-state index in [4.69, 9.17) is 5.73 Å². The topological polar surface area (TPSA) is 170 Å². The van der Waals surface area contributed by atoms with Crippen molar-refractivity contribution in [3.05, 3.63) is 47.7 Å². The number of anilines is 1. The summed E-state index contributed by atoms with van der Waals surface area (Å²) in [6.07, 6.45) is 0. The highest BCUT2D eigenvalue weighted by Crippen LogP contribution is 2.44. The summed E-state index contributed by atoms with van der Waals surface area (Å²) in [5, 5.41) is 40.0. The largest absolute Gasteiger partial charge is 0.502 e. The first kappa shape index (κ1) is 17.0. The zero-order valence-electron chi connectivity index (χ0n) is 12.0. The number of nitrogens with two attached hydrogens (primary N) is 1. The van der Waals surface area contributed by atoms with Gasteiger partial charge in [-0.15, -0.1) is 0 Å². The Labute approximate surface area is 142 Å². The molecule has 24 heavy (non-hydrogen) atoms. The molecule has 0 spiro atoms. The number of hydrogen-bond donors (Lipinski definition) is 3. The first-order valence-corrected chi connectivity index (χ1v) is 7.06. The number of phenolic OH excluding ortho intramolecular Hbond substituents is 1. The van der Waals surface area contributed by atoms with Crippen molar-refractivity contribution < 1.29 is 10.0 Å². The van der Waals surface area contributed by atoms with Crippen LogP contribution < -0.4 is 11.3 Å². The molecule has 1 aromatic heterocycles. The number of nitro groups is 1. The van der Waals surface area contributed by atoms with Gasteiger partial charge in [-0.25, -0.2) is 0 Å². The van der Waals surface area contributed by atoms with E-state index in [1.165, 1.54) is 13.0 Å². The Balaban J connectivity index is 3.10. The number of halogens is 1. The summed E-state index contributed by atoms with van der Waals surface area (Å²) in [5.74, 6) is -1.08. The summed E-state index contributed by atoms with van der Waals surface area (Å²) in [6.45, 7) is 1.41. The number of nitrogens with one attached hydrogen (secondary N) is 1. The van der Waals surface area contributed by atoms with Gasteiger partial charge >= 0.3 is 5.69 Å². The average molecular weight is 390 g/mol. The Morgan fingerprint density at radius 2 is 1.96 bits per heavy atom. The van der Waals surface area contributed by atoms with Crippen LogP contribution in [0.2, 0.25) is 0 Å². The van der Waals surface area contributed by atoms with Crippen LogP contribution in [0.3, 0.4) is 0 Å². The van der Waals surface area contributed by atoms with E-state index in [1.54, 1.807) is 12.1 Å². The summed E-state index contributed by atoms with van der Waals surface area (Å²) in [5.41, 5.74) is 3.03. The second kappa shape index (κ2) is 6.02.